The summed E-state index contributed by atoms with van der Waals surface area (Å²) in [6.07, 6.45) is -7.94. The number of nitrogens with one attached hydrogen (secondary N) is 1. The Balaban J connectivity index is 1.73. The van der Waals surface area contributed by atoms with E-state index < -0.39 is 162 Å². The van der Waals surface area contributed by atoms with Gasteiger partial charge in [-0.05, 0) is 29.6 Å². The molecule has 3 aliphatic rings. The molecule has 5 rings (SSSR count). The molecule has 3 amide bonds. The predicted molar refractivity (Wildman–Crippen MR) is 119 cm³/mol. The first kappa shape index (κ1) is 6.90. The van der Waals surface area contributed by atoms with Crippen molar-refractivity contribution in [3.05, 3.63) is 64.6 Å². The zero-order valence-corrected chi connectivity index (χ0v) is 15.9. The number of benzene rings is 2. The van der Waals surface area contributed by atoms with Crippen LogP contribution in [0.3, 0.4) is 0 Å². The molecule has 8 nitrogen and oxygen atoms in total. The van der Waals surface area contributed by atoms with Crippen LogP contribution in [0.2, 0.25) is 0 Å². The summed E-state index contributed by atoms with van der Waals surface area (Å²) < 4.78 is 227. The lowest BCUT2D eigenvalue weighted by molar-refractivity contribution is -0.136. The summed E-state index contributed by atoms with van der Waals surface area (Å²) >= 11 is 0. The molecule has 3 heterocycles. The van der Waals surface area contributed by atoms with E-state index in [1.807, 2.05) is 0 Å². The van der Waals surface area contributed by atoms with Gasteiger partial charge in [-0.15, -0.1) is 0 Å². The number of ether oxygens (including phenoxy) is 2. The van der Waals surface area contributed by atoms with Crippen molar-refractivity contribution in [1.82, 2.24) is 15.1 Å². The van der Waals surface area contributed by atoms with Crippen LogP contribution in [0.25, 0.3) is 0 Å². The summed E-state index contributed by atoms with van der Waals surface area (Å²) in [6, 6.07) is -14.7. The van der Waals surface area contributed by atoms with E-state index in [1.54, 1.807) is 0 Å². The summed E-state index contributed by atoms with van der Waals surface area (Å²) in [6.45, 7) is -27.6. The van der Waals surface area contributed by atoms with Crippen molar-refractivity contribution >= 4 is 17.7 Å². The minimum atomic E-state index is -4.11. The normalized spacial score (nSPS) is 46.4. The minimum Gasteiger partial charge on any atom is -0.489 e. The van der Waals surface area contributed by atoms with E-state index >= 15 is 0 Å². The molecule has 172 valence electrons. The van der Waals surface area contributed by atoms with Crippen molar-refractivity contribution in [1.29, 1.82) is 0 Å². The maximum Gasteiger partial charge on any atom is 0.255 e. The number of hydrogen-bond donors (Lipinski definition) is 1. The van der Waals surface area contributed by atoms with Gasteiger partial charge in [0.05, 0.1) is 41.5 Å². The van der Waals surface area contributed by atoms with E-state index in [9.17, 15) is 14.4 Å². The van der Waals surface area contributed by atoms with Gasteiger partial charge in [-0.25, -0.2) is 0 Å². The third-order valence-electron chi connectivity index (χ3n) is 3.96. The van der Waals surface area contributed by atoms with E-state index in [1.165, 1.54) is 5.32 Å². The fourth-order valence-corrected chi connectivity index (χ4v) is 2.57. The van der Waals surface area contributed by atoms with Crippen LogP contribution in [-0.4, -0.2) is 59.7 Å². The molecule has 2 fully saturated rings. The Morgan fingerprint density at radius 1 is 1.15 bits per heavy atom. The van der Waals surface area contributed by atoms with E-state index in [2.05, 4.69) is 4.74 Å². The highest BCUT2D eigenvalue weighted by Gasteiger charge is 2.40. The SMILES string of the molecule is [2H]c1c([2H])c(OC([2H])([2H])c2c([2H])c([2H])c(C([2H])([2H])N3C([2H])([2H])C([2H])([2H])OC([2H])([2H])C3([2H])[2H])c([2H])c2[2H])c2c(c1[2H])C(=O)N([C@@]1([2H])C(=O)NC(=O)C([2H])([2H])C1([2H])[2H])C2([2H])[2H]. The molecular weight excluding hydrogens is 422 g/mol. The number of morpholine rings is 1. The molecule has 2 saturated heterocycles. The van der Waals surface area contributed by atoms with Gasteiger partial charge in [-0.2, -0.15) is 0 Å². The van der Waals surface area contributed by atoms with Crippen molar-refractivity contribution in [3.63, 3.8) is 0 Å². The second-order valence-corrected chi connectivity index (χ2v) is 6.02. The first-order valence-corrected chi connectivity index (χ1v) is 8.77. The van der Waals surface area contributed by atoms with Gasteiger partial charge in [0.15, 0.2) is 0 Å². The van der Waals surface area contributed by atoms with Crippen molar-refractivity contribution in [2.24, 2.45) is 0 Å². The van der Waals surface area contributed by atoms with Crippen LogP contribution in [0.15, 0.2) is 42.3 Å². The summed E-state index contributed by atoms with van der Waals surface area (Å²) in [4.78, 5) is 38.0. The zero-order chi connectivity index (χ0) is 45.9. The Kier molecular flexibility index (Phi) is 1.95. The quantitative estimate of drug-likeness (QED) is 0.642. The molecule has 3 aliphatic heterocycles. The third-order valence-corrected chi connectivity index (χ3v) is 3.96. The molecule has 1 atom stereocenters. The molecule has 33 heavy (non-hydrogen) atoms. The standard InChI is InChI=1S/C25H27N3O5/c29-23-9-8-21(24(30)26-23)28-15-20-19(25(28)31)2-1-3-22(20)33-16-18-6-4-17(5-7-18)14-27-10-12-32-13-11-27/h1-7,21H,8-16H2,(H,26,29,30)/t21-/m1/s1/i1D,2D,3D,4D,5D,6D,7D,8D2,9D2,10D2,11D2,12D2,13D2,14D2,15D2,16D2,21D. The zero-order valence-electron chi connectivity index (χ0n) is 41.9. The molecule has 0 aliphatic carbocycles. The van der Waals surface area contributed by atoms with Crippen LogP contribution >= 0.6 is 0 Å². The molecule has 8 heteroatoms. The molecule has 2 aromatic carbocycles. The average molecular weight is 476 g/mol. The Morgan fingerprint density at radius 2 is 1.91 bits per heavy atom. The molecule has 0 saturated carbocycles. The Hall–Kier alpha value is -3.23. The van der Waals surface area contributed by atoms with E-state index in [0.29, 0.717) is 0 Å². The second kappa shape index (κ2) is 9.33. The average Bonchev–Trinajstić information content (AvgIpc) is 3.26. The fourth-order valence-electron chi connectivity index (χ4n) is 2.57. The smallest absolute Gasteiger partial charge is 0.255 e. The first-order valence-electron chi connectivity index (χ1n) is 21.8. The molecule has 0 aromatic heterocycles. The molecule has 2 aromatic rings. The predicted octanol–water partition coefficient (Wildman–Crippen LogP) is 1.86. The molecule has 0 radical (unpaired) electrons. The Bertz CT molecular complexity index is 2190. The number of piperidine rings is 1. The van der Waals surface area contributed by atoms with Gasteiger partial charge in [-0.3, -0.25) is 24.6 Å². The molecule has 1 N–H and O–H groups in total. The van der Waals surface area contributed by atoms with Crippen molar-refractivity contribution in [2.45, 2.75) is 38.3 Å². The summed E-state index contributed by atoms with van der Waals surface area (Å²) in [7, 11) is 0. The topological polar surface area (TPSA) is 88.2 Å². The molecular formula is C25H27N3O5. The van der Waals surface area contributed by atoms with Gasteiger partial charge >= 0.3 is 0 Å². The van der Waals surface area contributed by atoms with Crippen LogP contribution in [0.1, 0.15) is 75.4 Å². The largest absolute Gasteiger partial charge is 0.489 e. The molecule has 0 unspecified atom stereocenters. The Labute approximate surface area is 229 Å². The van der Waals surface area contributed by atoms with Gasteiger partial charge < -0.3 is 14.4 Å². The highest BCUT2D eigenvalue weighted by molar-refractivity contribution is 6.05. The van der Waals surface area contributed by atoms with Crippen LogP contribution in [-0.2, 0) is 33.9 Å². The van der Waals surface area contributed by atoms with Crippen molar-refractivity contribution in [2.75, 3.05) is 26.1 Å². The lowest BCUT2D eigenvalue weighted by Gasteiger charge is -2.29. The number of imide groups is 1. The summed E-state index contributed by atoms with van der Waals surface area (Å²) in [5.41, 5.74) is -5.99. The van der Waals surface area contributed by atoms with Gasteiger partial charge in [0.2, 0.25) is 11.8 Å². The minimum absolute atomic E-state index is 0.566. The third kappa shape index (κ3) is 4.62. The van der Waals surface area contributed by atoms with Crippen LogP contribution in [0.5, 0.6) is 5.75 Å². The maximum absolute atomic E-state index is 13.9. The lowest BCUT2D eigenvalue weighted by Crippen LogP contribution is -2.52. The number of rotatable bonds is 6. The number of hydrogen-bond acceptors (Lipinski definition) is 6. The van der Waals surface area contributed by atoms with Crippen LogP contribution < -0.4 is 10.1 Å². The maximum atomic E-state index is 13.9. The number of fused-ring (bicyclic) bond motifs is 1. The van der Waals surface area contributed by atoms with Crippen molar-refractivity contribution < 1.29 is 59.5 Å². The number of carbonyl (C=O) groups is 3. The number of nitrogens with zero attached hydrogens (tertiary/aromatic N) is 2. The lowest BCUT2D eigenvalue weighted by atomic mass is 10.0. The molecule has 0 spiro atoms. The van der Waals surface area contributed by atoms with E-state index in [0.717, 1.165) is 0 Å². The van der Waals surface area contributed by atoms with Gasteiger partial charge in [-0.1, -0.05) is 30.2 Å². The van der Waals surface area contributed by atoms with Crippen molar-refractivity contribution in [3.8, 4) is 5.75 Å². The van der Waals surface area contributed by atoms with Crippen LogP contribution in [0.4, 0.5) is 0 Å². The highest BCUT2D eigenvalue weighted by atomic mass is 16.5. The van der Waals surface area contributed by atoms with Gasteiger partial charge in [0.25, 0.3) is 5.91 Å². The second-order valence-electron chi connectivity index (χ2n) is 6.02. The number of amides is 3. The highest BCUT2D eigenvalue weighted by Crippen LogP contribution is 2.34. The molecule has 0 bridgehead atoms. The fraction of sp³-hybridized carbons (Fsp3) is 0.400. The van der Waals surface area contributed by atoms with Gasteiger partial charge in [0.1, 0.15) is 18.3 Å². The number of carbonyl (C=O) groups excluding carboxylic acids is 3. The Morgan fingerprint density at radius 3 is 2.70 bits per heavy atom. The first-order chi connectivity index (χ1) is 26.1. The van der Waals surface area contributed by atoms with Crippen LogP contribution in [0, 0.1) is 0 Å². The monoisotopic (exact) mass is 475 g/mol. The summed E-state index contributed by atoms with van der Waals surface area (Å²) in [5.74, 6) is -7.59. The van der Waals surface area contributed by atoms with Gasteiger partial charge in [0, 0.05) is 50.7 Å². The summed E-state index contributed by atoms with van der Waals surface area (Å²) in [5, 5.41) is 1.32. The van der Waals surface area contributed by atoms with E-state index in [-0.39, 0.29) is 0 Å². The van der Waals surface area contributed by atoms with E-state index in [4.69, 9.17) is 40.4 Å².